The summed E-state index contributed by atoms with van der Waals surface area (Å²) in [5.74, 6) is 0.326. The average molecular weight is 430 g/mol. The number of hydrogen-bond acceptors (Lipinski definition) is 5. The van der Waals surface area contributed by atoms with Crippen LogP contribution in [0.15, 0.2) is 60.9 Å². The largest absolute Gasteiger partial charge is 0.484 e. The standard InChI is InChI=1S/C24H22N4O4/c1-15-10-16(2)24(17(3)11-15)26-23(29)14-32-20-7-4-18(5-8-20)21-13-27-12-19(28(30)31)6-9-22(27)25-21/h4-13H,14H2,1-3H3,(H,26,29). The van der Waals surface area contributed by atoms with Crippen molar-refractivity contribution in [3.8, 4) is 17.0 Å². The Morgan fingerprint density at radius 2 is 1.75 bits per heavy atom. The molecule has 0 saturated heterocycles. The van der Waals surface area contributed by atoms with Crippen molar-refractivity contribution in [2.75, 3.05) is 11.9 Å². The number of aryl methyl sites for hydroxylation is 3. The Labute approximate surface area is 184 Å². The van der Waals surface area contributed by atoms with Gasteiger partial charge in [-0.15, -0.1) is 0 Å². The maximum atomic E-state index is 12.3. The summed E-state index contributed by atoms with van der Waals surface area (Å²) in [5, 5.41) is 13.9. The Morgan fingerprint density at radius 3 is 2.41 bits per heavy atom. The van der Waals surface area contributed by atoms with Gasteiger partial charge in [0.25, 0.3) is 11.6 Å². The van der Waals surface area contributed by atoms with Gasteiger partial charge in [-0.1, -0.05) is 17.7 Å². The summed E-state index contributed by atoms with van der Waals surface area (Å²) in [6, 6.07) is 14.3. The van der Waals surface area contributed by atoms with Gasteiger partial charge in [-0.2, -0.15) is 0 Å². The SMILES string of the molecule is Cc1cc(C)c(NC(=O)COc2ccc(-c3cn4cc([N+](=O)[O-])ccc4n3)cc2)c(C)c1. The van der Waals surface area contributed by atoms with Gasteiger partial charge < -0.3 is 10.1 Å². The maximum Gasteiger partial charge on any atom is 0.286 e. The van der Waals surface area contributed by atoms with Gasteiger partial charge in [0, 0.05) is 23.5 Å². The van der Waals surface area contributed by atoms with Crippen LogP contribution in [-0.2, 0) is 4.79 Å². The molecule has 8 heteroatoms. The third kappa shape index (κ3) is 4.44. The molecule has 4 aromatic rings. The number of aromatic nitrogens is 2. The highest BCUT2D eigenvalue weighted by molar-refractivity contribution is 5.93. The lowest BCUT2D eigenvalue weighted by Crippen LogP contribution is -2.21. The van der Waals surface area contributed by atoms with Crippen LogP contribution in [0.3, 0.4) is 0 Å². The lowest BCUT2D eigenvalue weighted by Gasteiger charge is -2.13. The Morgan fingerprint density at radius 1 is 1.06 bits per heavy atom. The number of nitro groups is 1. The second kappa shape index (κ2) is 8.50. The fourth-order valence-corrected chi connectivity index (χ4v) is 3.65. The third-order valence-electron chi connectivity index (χ3n) is 5.11. The van der Waals surface area contributed by atoms with Crippen LogP contribution in [0.2, 0.25) is 0 Å². The fourth-order valence-electron chi connectivity index (χ4n) is 3.65. The number of nitrogens with one attached hydrogen (secondary N) is 1. The van der Waals surface area contributed by atoms with Gasteiger partial charge in [-0.25, -0.2) is 4.98 Å². The first-order valence-corrected chi connectivity index (χ1v) is 10.0. The van der Waals surface area contributed by atoms with Crippen LogP contribution < -0.4 is 10.1 Å². The van der Waals surface area contributed by atoms with Gasteiger partial charge in [0.05, 0.1) is 16.8 Å². The number of amides is 1. The van der Waals surface area contributed by atoms with Crippen LogP contribution >= 0.6 is 0 Å². The zero-order valence-electron chi connectivity index (χ0n) is 18.0. The molecule has 8 nitrogen and oxygen atoms in total. The molecule has 32 heavy (non-hydrogen) atoms. The van der Waals surface area contributed by atoms with Crippen LogP contribution in [0.1, 0.15) is 16.7 Å². The quantitative estimate of drug-likeness (QED) is 0.348. The molecule has 1 N–H and O–H groups in total. The van der Waals surface area contributed by atoms with E-state index in [9.17, 15) is 14.9 Å². The van der Waals surface area contributed by atoms with Crippen molar-refractivity contribution in [3.63, 3.8) is 0 Å². The van der Waals surface area contributed by atoms with E-state index in [1.807, 2.05) is 45.0 Å². The minimum atomic E-state index is -0.442. The van der Waals surface area contributed by atoms with E-state index in [1.54, 1.807) is 28.8 Å². The molecule has 2 aromatic heterocycles. The summed E-state index contributed by atoms with van der Waals surface area (Å²) >= 11 is 0. The van der Waals surface area contributed by atoms with Crippen molar-refractivity contribution in [2.24, 2.45) is 0 Å². The highest BCUT2D eigenvalue weighted by Gasteiger charge is 2.11. The maximum absolute atomic E-state index is 12.3. The van der Waals surface area contributed by atoms with E-state index in [1.165, 1.54) is 12.3 Å². The summed E-state index contributed by atoms with van der Waals surface area (Å²) in [6.45, 7) is 5.85. The number of pyridine rings is 1. The number of anilines is 1. The second-order valence-corrected chi connectivity index (χ2v) is 7.67. The lowest BCUT2D eigenvalue weighted by molar-refractivity contribution is -0.385. The number of hydrogen-bond donors (Lipinski definition) is 1. The van der Waals surface area contributed by atoms with E-state index in [2.05, 4.69) is 10.3 Å². The third-order valence-corrected chi connectivity index (χ3v) is 5.11. The van der Waals surface area contributed by atoms with Crippen LogP contribution in [-0.4, -0.2) is 26.8 Å². The molecule has 0 fully saturated rings. The van der Waals surface area contributed by atoms with Gasteiger partial charge in [0.2, 0.25) is 0 Å². The zero-order valence-corrected chi connectivity index (χ0v) is 18.0. The first-order valence-electron chi connectivity index (χ1n) is 10.0. The number of rotatable bonds is 6. The van der Waals surface area contributed by atoms with Crippen LogP contribution in [0, 0.1) is 30.9 Å². The Hall–Kier alpha value is -4.20. The number of carbonyl (C=O) groups excluding carboxylic acids is 1. The van der Waals surface area contributed by atoms with Crippen LogP contribution in [0.4, 0.5) is 11.4 Å². The normalized spacial score (nSPS) is 10.8. The molecule has 0 spiro atoms. The molecule has 1 amide bonds. The molecule has 0 bridgehead atoms. The zero-order chi connectivity index (χ0) is 22.8. The van der Waals surface area contributed by atoms with Crippen molar-refractivity contribution in [1.29, 1.82) is 0 Å². The van der Waals surface area contributed by atoms with E-state index in [0.717, 1.165) is 27.9 Å². The van der Waals surface area contributed by atoms with E-state index < -0.39 is 4.92 Å². The summed E-state index contributed by atoms with van der Waals surface area (Å²) in [5.41, 5.74) is 6.11. The van der Waals surface area contributed by atoms with Crippen molar-refractivity contribution in [1.82, 2.24) is 9.38 Å². The molecular weight excluding hydrogens is 408 g/mol. The van der Waals surface area contributed by atoms with E-state index in [-0.39, 0.29) is 18.2 Å². The monoisotopic (exact) mass is 430 g/mol. The number of benzene rings is 2. The number of ether oxygens (including phenoxy) is 1. The van der Waals surface area contributed by atoms with Gasteiger partial charge in [0.15, 0.2) is 6.61 Å². The average Bonchev–Trinajstić information content (AvgIpc) is 3.18. The Bertz CT molecular complexity index is 1300. The molecule has 0 atom stereocenters. The summed E-state index contributed by atoms with van der Waals surface area (Å²) in [6.07, 6.45) is 3.16. The number of imidazole rings is 1. The molecule has 0 saturated carbocycles. The number of fused-ring (bicyclic) bond motifs is 1. The summed E-state index contributed by atoms with van der Waals surface area (Å²) in [7, 11) is 0. The molecule has 162 valence electrons. The van der Waals surface area contributed by atoms with Crippen molar-refractivity contribution in [2.45, 2.75) is 20.8 Å². The van der Waals surface area contributed by atoms with E-state index in [4.69, 9.17) is 4.74 Å². The molecule has 0 aliphatic heterocycles. The Kier molecular flexibility index (Phi) is 5.59. The van der Waals surface area contributed by atoms with Gasteiger partial charge in [0.1, 0.15) is 11.4 Å². The molecular formula is C24H22N4O4. The first-order chi connectivity index (χ1) is 15.3. The fraction of sp³-hybridized carbons (Fsp3) is 0.167. The van der Waals surface area contributed by atoms with Gasteiger partial charge in [-0.3, -0.25) is 19.3 Å². The van der Waals surface area contributed by atoms with Crippen molar-refractivity contribution in [3.05, 3.63) is 87.7 Å². The first kappa shape index (κ1) is 21.0. The van der Waals surface area contributed by atoms with E-state index in [0.29, 0.717) is 17.1 Å². The predicted octanol–water partition coefficient (Wildman–Crippen LogP) is 4.85. The second-order valence-electron chi connectivity index (χ2n) is 7.67. The molecule has 0 unspecified atom stereocenters. The van der Waals surface area contributed by atoms with Crippen molar-refractivity contribution >= 4 is 22.9 Å². The smallest absolute Gasteiger partial charge is 0.286 e. The topological polar surface area (TPSA) is 98.8 Å². The van der Waals surface area contributed by atoms with Crippen LogP contribution in [0.5, 0.6) is 5.75 Å². The molecule has 2 heterocycles. The van der Waals surface area contributed by atoms with Gasteiger partial charge >= 0.3 is 0 Å². The predicted molar refractivity (Wildman–Crippen MR) is 122 cm³/mol. The molecule has 0 radical (unpaired) electrons. The van der Waals surface area contributed by atoms with Crippen LogP contribution in [0.25, 0.3) is 16.9 Å². The minimum Gasteiger partial charge on any atom is -0.484 e. The van der Waals surface area contributed by atoms with Crippen molar-refractivity contribution < 1.29 is 14.5 Å². The Balaban J connectivity index is 1.41. The molecule has 4 rings (SSSR count). The highest BCUT2D eigenvalue weighted by atomic mass is 16.6. The molecule has 2 aromatic carbocycles. The lowest BCUT2D eigenvalue weighted by atomic mass is 10.1. The summed E-state index contributed by atoms with van der Waals surface area (Å²) < 4.78 is 7.25. The summed E-state index contributed by atoms with van der Waals surface area (Å²) in [4.78, 5) is 27.3. The highest BCUT2D eigenvalue weighted by Crippen LogP contribution is 2.24. The number of carbonyl (C=O) groups is 1. The molecule has 0 aliphatic carbocycles. The van der Waals surface area contributed by atoms with Gasteiger partial charge in [-0.05, 0) is 62.2 Å². The molecule has 0 aliphatic rings. The minimum absolute atomic E-state index is 0.000464. The number of nitrogens with zero attached hydrogens (tertiary/aromatic N) is 3. The van der Waals surface area contributed by atoms with E-state index >= 15 is 0 Å².